The van der Waals surface area contributed by atoms with E-state index in [1.54, 1.807) is 37.3 Å². The van der Waals surface area contributed by atoms with E-state index in [-0.39, 0.29) is 0 Å². The van der Waals surface area contributed by atoms with Gasteiger partial charge in [-0.15, -0.1) is 0 Å². The lowest BCUT2D eigenvalue weighted by molar-refractivity contribution is -0.0278. The highest BCUT2D eigenvalue weighted by Crippen LogP contribution is 2.32. The maximum atomic E-state index is 11.5. The van der Waals surface area contributed by atoms with Gasteiger partial charge in [-0.3, -0.25) is 10.2 Å². The quantitative estimate of drug-likeness (QED) is 0.747. The van der Waals surface area contributed by atoms with E-state index in [9.17, 15) is 9.90 Å². The highest BCUT2D eigenvalue weighted by molar-refractivity contribution is 5.71. The zero-order chi connectivity index (χ0) is 20.5. The highest BCUT2D eigenvalue weighted by atomic mass is 16.6. The van der Waals surface area contributed by atoms with Gasteiger partial charge < -0.3 is 14.6 Å². The van der Waals surface area contributed by atoms with Gasteiger partial charge in [0.1, 0.15) is 18.1 Å². The molecule has 2 aromatic rings. The van der Waals surface area contributed by atoms with Crippen molar-refractivity contribution in [3.8, 4) is 11.5 Å². The molecule has 0 bridgehead atoms. The van der Waals surface area contributed by atoms with E-state index in [0.29, 0.717) is 12.4 Å². The van der Waals surface area contributed by atoms with Crippen molar-refractivity contribution in [1.82, 2.24) is 10.2 Å². The van der Waals surface area contributed by atoms with Crippen LogP contribution in [0, 0.1) is 0 Å². The van der Waals surface area contributed by atoms with E-state index in [1.807, 2.05) is 30.3 Å². The number of hydrogen-bond donors (Lipinski definition) is 2. The van der Waals surface area contributed by atoms with Crippen LogP contribution in [0.3, 0.4) is 0 Å². The number of likely N-dealkylation sites (tertiary alicyclic amines) is 1. The number of carbonyl (C=O) groups excluding carboxylic acids is 1. The molecule has 1 saturated heterocycles. The van der Waals surface area contributed by atoms with Gasteiger partial charge in [0, 0.05) is 25.8 Å². The molecule has 0 unspecified atom stereocenters. The molecule has 2 N–H and O–H groups in total. The highest BCUT2D eigenvalue weighted by Gasteiger charge is 2.33. The van der Waals surface area contributed by atoms with E-state index in [0.717, 1.165) is 43.8 Å². The molecule has 6 heteroatoms. The van der Waals surface area contributed by atoms with Crippen LogP contribution < -0.4 is 14.8 Å². The average Bonchev–Trinajstić information content (AvgIpc) is 2.76. The number of carbonyl (C=O) groups is 1. The Hall–Kier alpha value is -2.83. The van der Waals surface area contributed by atoms with Gasteiger partial charge in [0.15, 0.2) is 0 Å². The van der Waals surface area contributed by atoms with Crippen LogP contribution in [-0.2, 0) is 5.60 Å². The normalized spacial score (nSPS) is 16.5. The summed E-state index contributed by atoms with van der Waals surface area (Å²) in [5.74, 6) is 1.18. The Morgan fingerprint density at radius 1 is 1.10 bits per heavy atom. The molecule has 1 aliphatic rings. The lowest BCUT2D eigenvalue weighted by Gasteiger charge is -2.38. The molecule has 6 nitrogen and oxygen atoms in total. The van der Waals surface area contributed by atoms with Gasteiger partial charge in [0.2, 0.25) is 0 Å². The van der Waals surface area contributed by atoms with Crippen LogP contribution in [0.4, 0.5) is 4.79 Å². The van der Waals surface area contributed by atoms with Crippen molar-refractivity contribution in [2.24, 2.45) is 0 Å². The third-order valence-electron chi connectivity index (χ3n) is 5.07. The van der Waals surface area contributed by atoms with Crippen molar-refractivity contribution in [2.45, 2.75) is 25.4 Å². The minimum absolute atomic E-state index is 0.454. The first-order valence-corrected chi connectivity index (χ1v) is 9.92. The Labute approximate surface area is 171 Å². The number of rotatable bonds is 7. The molecule has 3 rings (SSSR count). The molecule has 1 fully saturated rings. The second kappa shape index (κ2) is 10.1. The summed E-state index contributed by atoms with van der Waals surface area (Å²) < 4.78 is 10.9. The van der Waals surface area contributed by atoms with Crippen LogP contribution in [0.1, 0.15) is 25.3 Å². The van der Waals surface area contributed by atoms with Gasteiger partial charge >= 0.3 is 6.09 Å². The fourth-order valence-electron chi connectivity index (χ4n) is 3.37. The number of nitrogens with one attached hydrogen (secondary N) is 1. The number of benzene rings is 2. The first-order valence-electron chi connectivity index (χ1n) is 9.92. The smallest absolute Gasteiger partial charge is 0.416 e. The molecule has 1 aliphatic heterocycles. The average molecular weight is 396 g/mol. The maximum Gasteiger partial charge on any atom is 0.416 e. The van der Waals surface area contributed by atoms with E-state index < -0.39 is 11.7 Å². The Bertz CT molecular complexity index is 797. The molecule has 1 amide bonds. The number of nitrogens with zero attached hydrogens (tertiary/aromatic N) is 1. The summed E-state index contributed by atoms with van der Waals surface area (Å²) in [6, 6.07) is 16.9. The summed E-state index contributed by atoms with van der Waals surface area (Å²) in [4.78, 5) is 13.8. The Morgan fingerprint density at radius 2 is 1.76 bits per heavy atom. The van der Waals surface area contributed by atoms with Gasteiger partial charge in [-0.2, -0.15) is 0 Å². The van der Waals surface area contributed by atoms with Crippen molar-refractivity contribution in [2.75, 3.05) is 26.2 Å². The molecular weight excluding hydrogens is 368 g/mol. The van der Waals surface area contributed by atoms with Gasteiger partial charge in [-0.05, 0) is 49.6 Å². The van der Waals surface area contributed by atoms with Gasteiger partial charge in [-0.1, -0.05) is 36.4 Å². The minimum atomic E-state index is -0.729. The van der Waals surface area contributed by atoms with Crippen molar-refractivity contribution in [1.29, 1.82) is 0 Å². The van der Waals surface area contributed by atoms with Crippen molar-refractivity contribution < 1.29 is 19.4 Å². The Balaban J connectivity index is 1.39. The minimum Gasteiger partial charge on any atom is -0.492 e. The predicted molar refractivity (Wildman–Crippen MR) is 112 cm³/mol. The van der Waals surface area contributed by atoms with E-state index >= 15 is 0 Å². The van der Waals surface area contributed by atoms with Crippen LogP contribution >= 0.6 is 0 Å². The first-order chi connectivity index (χ1) is 14.1. The molecule has 154 valence electrons. The summed E-state index contributed by atoms with van der Waals surface area (Å²) in [7, 11) is 0. The number of ether oxygens (including phenoxy) is 2. The number of allylic oxidation sites excluding steroid dienone is 1. The Morgan fingerprint density at radius 3 is 2.41 bits per heavy atom. The molecule has 0 radical (unpaired) electrons. The third-order valence-corrected chi connectivity index (χ3v) is 5.07. The van der Waals surface area contributed by atoms with Crippen molar-refractivity contribution in [3.63, 3.8) is 0 Å². The molecule has 0 aliphatic carbocycles. The fraction of sp³-hybridized carbons (Fsp3) is 0.348. The maximum absolute atomic E-state index is 11.5. The third kappa shape index (κ3) is 6.07. The van der Waals surface area contributed by atoms with Crippen molar-refractivity contribution >= 4 is 6.09 Å². The van der Waals surface area contributed by atoms with E-state index in [2.05, 4.69) is 10.2 Å². The number of piperidine rings is 1. The topological polar surface area (TPSA) is 71.0 Å². The summed E-state index contributed by atoms with van der Waals surface area (Å²) >= 11 is 0. The molecule has 29 heavy (non-hydrogen) atoms. The summed E-state index contributed by atoms with van der Waals surface area (Å²) in [6.07, 6.45) is 4.14. The zero-order valence-corrected chi connectivity index (χ0v) is 16.7. The van der Waals surface area contributed by atoms with Crippen LogP contribution in [0.5, 0.6) is 11.5 Å². The predicted octanol–water partition coefficient (Wildman–Crippen LogP) is 3.67. The molecule has 0 atom stereocenters. The standard InChI is InChI=1S/C23H28N2O4/c1-2-14-24-22(26)29-21-10-8-20(9-11-21)28-18-17-25-15-12-23(27,13-16-25)19-6-4-3-5-7-19/h2-11,14,27H,12-13,15-18H2,1H3,(H,24,26)/b14-2+. The van der Waals surface area contributed by atoms with Crippen molar-refractivity contribution in [3.05, 3.63) is 72.4 Å². The number of hydrogen-bond acceptors (Lipinski definition) is 5. The fourth-order valence-corrected chi connectivity index (χ4v) is 3.37. The second-order valence-corrected chi connectivity index (χ2v) is 7.09. The number of aliphatic hydroxyl groups is 1. The monoisotopic (exact) mass is 396 g/mol. The largest absolute Gasteiger partial charge is 0.492 e. The summed E-state index contributed by atoms with van der Waals surface area (Å²) in [5.41, 5.74) is 0.269. The Kier molecular flexibility index (Phi) is 7.27. The van der Waals surface area contributed by atoms with Crippen LogP contribution in [0.2, 0.25) is 0 Å². The number of amides is 1. The lowest BCUT2D eigenvalue weighted by Crippen LogP contribution is -2.43. The zero-order valence-electron chi connectivity index (χ0n) is 16.7. The molecular formula is C23H28N2O4. The second-order valence-electron chi connectivity index (χ2n) is 7.09. The molecule has 0 spiro atoms. The molecule has 1 heterocycles. The summed E-state index contributed by atoms with van der Waals surface area (Å²) in [6.45, 7) is 4.84. The molecule has 0 aromatic heterocycles. The van der Waals surface area contributed by atoms with Gasteiger partial charge in [-0.25, -0.2) is 4.79 Å². The van der Waals surface area contributed by atoms with Gasteiger partial charge in [0.05, 0.1) is 5.60 Å². The van der Waals surface area contributed by atoms with Crippen LogP contribution in [0.15, 0.2) is 66.9 Å². The van der Waals surface area contributed by atoms with Gasteiger partial charge in [0.25, 0.3) is 0 Å². The van der Waals surface area contributed by atoms with E-state index in [4.69, 9.17) is 9.47 Å². The molecule has 0 saturated carbocycles. The van der Waals surface area contributed by atoms with Crippen LogP contribution in [-0.4, -0.2) is 42.3 Å². The SMILES string of the molecule is C/C=C/NC(=O)Oc1ccc(OCCN2CCC(O)(c3ccccc3)CC2)cc1. The first kappa shape index (κ1) is 20.9. The lowest BCUT2D eigenvalue weighted by atomic mass is 9.84. The van der Waals surface area contributed by atoms with E-state index in [1.165, 1.54) is 6.20 Å². The summed E-state index contributed by atoms with van der Waals surface area (Å²) in [5, 5.41) is 13.4. The van der Waals surface area contributed by atoms with Crippen LogP contribution in [0.25, 0.3) is 0 Å². The molecule has 2 aromatic carbocycles.